The molecule has 0 amide bonds. The number of hydrogen-bond acceptors (Lipinski definition) is 6. The Morgan fingerprint density at radius 3 is 2.67 bits per heavy atom. The molecular weight excluding hydrogens is 306 g/mol. The van der Waals surface area contributed by atoms with Gasteiger partial charge in [-0.2, -0.15) is 4.98 Å². The van der Waals surface area contributed by atoms with Crippen LogP contribution >= 0.6 is 0 Å². The zero-order chi connectivity index (χ0) is 16.5. The summed E-state index contributed by atoms with van der Waals surface area (Å²) in [5.41, 5.74) is 0.842. The van der Waals surface area contributed by atoms with E-state index in [2.05, 4.69) is 15.0 Å². The highest BCUT2D eigenvalue weighted by molar-refractivity contribution is 5.66. The van der Waals surface area contributed by atoms with Crippen molar-refractivity contribution in [1.82, 2.24) is 15.0 Å². The Morgan fingerprint density at radius 2 is 2.04 bits per heavy atom. The molecule has 0 N–H and O–H groups in total. The molecule has 2 unspecified atom stereocenters. The van der Waals surface area contributed by atoms with Gasteiger partial charge in [-0.1, -0.05) is 35.5 Å². The minimum Gasteiger partial charge on any atom is -0.449 e. The van der Waals surface area contributed by atoms with Crippen molar-refractivity contribution in [3.8, 4) is 0 Å². The van der Waals surface area contributed by atoms with Crippen molar-refractivity contribution in [2.75, 3.05) is 19.6 Å². The van der Waals surface area contributed by atoms with Crippen LogP contribution in [0.25, 0.3) is 0 Å². The minimum atomic E-state index is -0.623. The number of benzene rings is 1. The van der Waals surface area contributed by atoms with Crippen molar-refractivity contribution in [3.05, 3.63) is 47.6 Å². The Hall–Kier alpha value is -2.21. The molecule has 0 radical (unpaired) electrons. The van der Waals surface area contributed by atoms with Gasteiger partial charge in [-0.05, 0) is 31.8 Å². The number of piperidine rings is 3. The van der Waals surface area contributed by atoms with Crippen LogP contribution in [0.3, 0.4) is 0 Å². The maximum atomic E-state index is 11.5. The molecule has 2 aromatic rings. The highest BCUT2D eigenvalue weighted by Crippen LogP contribution is 2.38. The number of nitrogens with zero attached hydrogens (tertiary/aromatic N) is 3. The molecule has 1 aromatic carbocycles. The van der Waals surface area contributed by atoms with Crippen LogP contribution in [0.4, 0.5) is 0 Å². The van der Waals surface area contributed by atoms with Crippen LogP contribution in [0, 0.1) is 5.92 Å². The molecule has 126 valence electrons. The number of esters is 1. The van der Waals surface area contributed by atoms with Gasteiger partial charge in [-0.15, -0.1) is 0 Å². The predicted molar refractivity (Wildman–Crippen MR) is 86.3 cm³/mol. The maximum Gasteiger partial charge on any atom is 0.303 e. The van der Waals surface area contributed by atoms with Crippen LogP contribution in [0.15, 0.2) is 34.9 Å². The van der Waals surface area contributed by atoms with Crippen LogP contribution in [0.5, 0.6) is 0 Å². The summed E-state index contributed by atoms with van der Waals surface area (Å²) in [7, 11) is 0. The lowest BCUT2D eigenvalue weighted by Gasteiger charge is -2.43. The second kappa shape index (κ2) is 6.36. The molecule has 3 aliphatic rings. The van der Waals surface area contributed by atoms with E-state index in [0.717, 1.165) is 12.1 Å². The number of carbonyl (C=O) groups excluding carboxylic acids is 1. The minimum absolute atomic E-state index is 0.294. The molecular formula is C18H21N3O3. The van der Waals surface area contributed by atoms with Crippen molar-refractivity contribution in [1.29, 1.82) is 0 Å². The van der Waals surface area contributed by atoms with Gasteiger partial charge in [0.15, 0.2) is 6.10 Å². The summed E-state index contributed by atoms with van der Waals surface area (Å²) in [6, 6.07) is 9.53. The Balaban J connectivity index is 1.60. The molecule has 0 saturated carbocycles. The summed E-state index contributed by atoms with van der Waals surface area (Å²) in [5, 5.41) is 4.12. The van der Waals surface area contributed by atoms with Crippen molar-refractivity contribution < 1.29 is 14.1 Å². The average Bonchev–Trinajstić information content (AvgIpc) is 3.11. The molecule has 6 nitrogen and oxygen atoms in total. The first kappa shape index (κ1) is 15.3. The monoisotopic (exact) mass is 327 g/mol. The number of fused-ring (bicyclic) bond motifs is 3. The van der Waals surface area contributed by atoms with E-state index in [9.17, 15) is 4.79 Å². The molecule has 2 atom stereocenters. The molecule has 0 spiro atoms. The zero-order valence-corrected chi connectivity index (χ0v) is 13.7. The standard InChI is InChI=1S/C18H21N3O3/c1-12(22)23-16(14-5-3-2-4-6-14)17-19-18(24-20-17)15-11-21-9-7-13(15)8-10-21/h2-6,13,15-16H,7-11H2,1H3. The molecule has 5 rings (SSSR count). The third-order valence-electron chi connectivity index (χ3n) is 5.05. The fourth-order valence-electron chi connectivity index (χ4n) is 3.81. The lowest BCUT2D eigenvalue weighted by atomic mass is 9.79. The largest absolute Gasteiger partial charge is 0.449 e. The van der Waals surface area contributed by atoms with Crippen molar-refractivity contribution in [2.24, 2.45) is 5.92 Å². The zero-order valence-electron chi connectivity index (χ0n) is 13.7. The van der Waals surface area contributed by atoms with E-state index in [1.165, 1.54) is 32.9 Å². The molecule has 0 aliphatic carbocycles. The third kappa shape index (κ3) is 2.94. The van der Waals surface area contributed by atoms with E-state index in [4.69, 9.17) is 9.26 Å². The first-order chi connectivity index (χ1) is 11.7. The molecule has 3 fully saturated rings. The quantitative estimate of drug-likeness (QED) is 0.804. The molecule has 4 heterocycles. The molecule has 24 heavy (non-hydrogen) atoms. The predicted octanol–water partition coefficient (Wildman–Crippen LogP) is 2.53. The fraction of sp³-hybridized carbons (Fsp3) is 0.500. The SMILES string of the molecule is CC(=O)OC(c1ccccc1)c1noc(C2CN3CCC2CC3)n1. The Morgan fingerprint density at radius 1 is 1.29 bits per heavy atom. The lowest BCUT2D eigenvalue weighted by molar-refractivity contribution is -0.145. The van der Waals surface area contributed by atoms with E-state index in [0.29, 0.717) is 23.6 Å². The van der Waals surface area contributed by atoms with Gasteiger partial charge in [0, 0.05) is 19.0 Å². The van der Waals surface area contributed by atoms with E-state index in [1.54, 1.807) is 0 Å². The van der Waals surface area contributed by atoms with E-state index < -0.39 is 6.10 Å². The van der Waals surface area contributed by atoms with Gasteiger partial charge < -0.3 is 14.2 Å². The number of ether oxygens (including phenoxy) is 1. The van der Waals surface area contributed by atoms with Crippen LogP contribution in [-0.2, 0) is 9.53 Å². The highest BCUT2D eigenvalue weighted by atomic mass is 16.5. The molecule has 3 aliphatic heterocycles. The molecule has 3 saturated heterocycles. The van der Waals surface area contributed by atoms with Gasteiger partial charge in [-0.25, -0.2) is 0 Å². The van der Waals surface area contributed by atoms with Gasteiger partial charge in [0.1, 0.15) is 0 Å². The van der Waals surface area contributed by atoms with Gasteiger partial charge in [0.25, 0.3) is 0 Å². The highest BCUT2D eigenvalue weighted by Gasteiger charge is 2.38. The summed E-state index contributed by atoms with van der Waals surface area (Å²) in [6.45, 7) is 4.71. The van der Waals surface area contributed by atoms with Crippen LogP contribution in [0.1, 0.15) is 49.1 Å². The van der Waals surface area contributed by atoms with E-state index in [1.807, 2.05) is 30.3 Å². The fourth-order valence-corrected chi connectivity index (χ4v) is 3.81. The summed E-state index contributed by atoms with van der Waals surface area (Å²) in [4.78, 5) is 18.6. The summed E-state index contributed by atoms with van der Waals surface area (Å²) in [5.74, 6) is 1.64. The van der Waals surface area contributed by atoms with Crippen LogP contribution < -0.4 is 0 Å². The smallest absolute Gasteiger partial charge is 0.303 e. The van der Waals surface area contributed by atoms with Crippen molar-refractivity contribution in [3.63, 3.8) is 0 Å². The lowest BCUT2D eigenvalue weighted by Crippen LogP contribution is -2.46. The number of rotatable bonds is 4. The maximum absolute atomic E-state index is 11.5. The first-order valence-corrected chi connectivity index (χ1v) is 8.48. The van der Waals surface area contributed by atoms with Gasteiger partial charge in [-0.3, -0.25) is 4.79 Å². The molecule has 1 aromatic heterocycles. The van der Waals surface area contributed by atoms with Crippen molar-refractivity contribution >= 4 is 5.97 Å². The molecule has 2 bridgehead atoms. The Bertz CT molecular complexity index is 707. The normalized spacial score (nSPS) is 27.0. The first-order valence-electron chi connectivity index (χ1n) is 8.48. The topological polar surface area (TPSA) is 68.5 Å². The summed E-state index contributed by atoms with van der Waals surface area (Å²) < 4.78 is 11.0. The number of hydrogen-bond donors (Lipinski definition) is 0. The Kier molecular flexibility index (Phi) is 4.06. The van der Waals surface area contributed by atoms with E-state index >= 15 is 0 Å². The van der Waals surface area contributed by atoms with Gasteiger partial charge in [0.2, 0.25) is 11.7 Å². The Labute approximate surface area is 140 Å². The van der Waals surface area contributed by atoms with Gasteiger partial charge in [0.05, 0.1) is 5.92 Å². The second-order valence-corrected chi connectivity index (χ2v) is 6.64. The summed E-state index contributed by atoms with van der Waals surface area (Å²) in [6.07, 6.45) is 1.75. The van der Waals surface area contributed by atoms with Gasteiger partial charge >= 0.3 is 5.97 Å². The average molecular weight is 327 g/mol. The number of carbonyl (C=O) groups is 1. The van der Waals surface area contributed by atoms with Crippen LogP contribution in [0.2, 0.25) is 0 Å². The van der Waals surface area contributed by atoms with Crippen molar-refractivity contribution in [2.45, 2.75) is 31.8 Å². The van der Waals surface area contributed by atoms with E-state index in [-0.39, 0.29) is 5.97 Å². The second-order valence-electron chi connectivity index (χ2n) is 6.64. The summed E-state index contributed by atoms with van der Waals surface area (Å²) >= 11 is 0. The van der Waals surface area contributed by atoms with Crippen LogP contribution in [-0.4, -0.2) is 40.6 Å². The third-order valence-corrected chi connectivity index (χ3v) is 5.05. The molecule has 6 heteroatoms. The number of aromatic nitrogens is 2.